The first kappa shape index (κ1) is 16.2. The molecule has 21 heavy (non-hydrogen) atoms. The lowest BCUT2D eigenvalue weighted by atomic mass is 9.88. The summed E-state index contributed by atoms with van der Waals surface area (Å²) in [7, 11) is 0. The molecule has 0 radical (unpaired) electrons. The lowest BCUT2D eigenvalue weighted by Crippen LogP contribution is -2.46. The molecule has 118 valence electrons. The van der Waals surface area contributed by atoms with E-state index < -0.39 is 0 Å². The van der Waals surface area contributed by atoms with Crippen molar-refractivity contribution >= 4 is 5.69 Å². The molecule has 1 aliphatic rings. The van der Waals surface area contributed by atoms with E-state index in [0.29, 0.717) is 0 Å². The Kier molecular flexibility index (Phi) is 5.59. The van der Waals surface area contributed by atoms with Crippen molar-refractivity contribution in [3.63, 3.8) is 0 Å². The van der Waals surface area contributed by atoms with E-state index in [0.717, 1.165) is 45.0 Å². The molecule has 0 unspecified atom stereocenters. The average Bonchev–Trinajstić information content (AvgIpc) is 2.49. The van der Waals surface area contributed by atoms with Crippen LogP contribution in [0.2, 0.25) is 0 Å². The first-order valence-electron chi connectivity index (χ1n) is 7.93. The number of rotatable bonds is 6. The van der Waals surface area contributed by atoms with Gasteiger partial charge in [0, 0.05) is 31.9 Å². The standard InChI is InChI=1S/C17H28FN3/c1-17(2,14-19)8-3-9-20-10-12-21(13-11-20)16-6-4-15(18)5-7-16/h4-7H,3,8-14,19H2,1-2H3. The summed E-state index contributed by atoms with van der Waals surface area (Å²) in [5.41, 5.74) is 7.16. The third kappa shape index (κ3) is 4.97. The van der Waals surface area contributed by atoms with Gasteiger partial charge < -0.3 is 10.6 Å². The van der Waals surface area contributed by atoms with Gasteiger partial charge in [-0.1, -0.05) is 13.8 Å². The molecule has 0 bridgehead atoms. The molecule has 0 aromatic heterocycles. The van der Waals surface area contributed by atoms with Gasteiger partial charge in [0.25, 0.3) is 0 Å². The number of nitrogens with two attached hydrogens (primary N) is 1. The fourth-order valence-corrected chi connectivity index (χ4v) is 2.76. The van der Waals surface area contributed by atoms with E-state index in [2.05, 4.69) is 23.6 Å². The summed E-state index contributed by atoms with van der Waals surface area (Å²) in [6, 6.07) is 6.82. The number of nitrogens with zero attached hydrogens (tertiary/aromatic N) is 2. The molecule has 1 aromatic rings. The third-order valence-corrected chi connectivity index (χ3v) is 4.44. The maximum Gasteiger partial charge on any atom is 0.123 e. The average molecular weight is 293 g/mol. The summed E-state index contributed by atoms with van der Waals surface area (Å²) in [5, 5.41) is 0. The van der Waals surface area contributed by atoms with Gasteiger partial charge in [0.1, 0.15) is 5.82 Å². The minimum absolute atomic E-state index is 0.167. The Morgan fingerprint density at radius 1 is 1.10 bits per heavy atom. The molecule has 0 aliphatic carbocycles. The Hall–Kier alpha value is -1.13. The molecule has 1 heterocycles. The van der Waals surface area contributed by atoms with Crippen LogP contribution in [0.3, 0.4) is 0 Å². The van der Waals surface area contributed by atoms with Gasteiger partial charge in [-0.25, -0.2) is 4.39 Å². The molecule has 2 N–H and O–H groups in total. The van der Waals surface area contributed by atoms with E-state index in [9.17, 15) is 4.39 Å². The summed E-state index contributed by atoms with van der Waals surface area (Å²) in [5.74, 6) is -0.167. The van der Waals surface area contributed by atoms with Crippen LogP contribution in [0.25, 0.3) is 0 Å². The number of hydrogen-bond donors (Lipinski definition) is 1. The van der Waals surface area contributed by atoms with Crippen LogP contribution in [0.15, 0.2) is 24.3 Å². The topological polar surface area (TPSA) is 32.5 Å². The number of halogens is 1. The van der Waals surface area contributed by atoms with Crippen molar-refractivity contribution in [3.05, 3.63) is 30.1 Å². The number of benzene rings is 1. The van der Waals surface area contributed by atoms with Crippen molar-refractivity contribution in [2.45, 2.75) is 26.7 Å². The van der Waals surface area contributed by atoms with Crippen molar-refractivity contribution in [2.24, 2.45) is 11.1 Å². The first-order chi connectivity index (χ1) is 10.00. The van der Waals surface area contributed by atoms with Crippen LogP contribution in [-0.4, -0.2) is 44.2 Å². The molecule has 4 heteroatoms. The normalized spacial score (nSPS) is 17.2. The maximum absolute atomic E-state index is 12.9. The molecule has 0 atom stereocenters. The highest BCUT2D eigenvalue weighted by atomic mass is 19.1. The highest BCUT2D eigenvalue weighted by Crippen LogP contribution is 2.21. The van der Waals surface area contributed by atoms with E-state index in [1.54, 1.807) is 0 Å². The zero-order valence-corrected chi connectivity index (χ0v) is 13.3. The fraction of sp³-hybridized carbons (Fsp3) is 0.647. The second kappa shape index (κ2) is 7.23. The van der Waals surface area contributed by atoms with Crippen molar-refractivity contribution in [2.75, 3.05) is 44.2 Å². The summed E-state index contributed by atoms with van der Waals surface area (Å²) in [6.07, 6.45) is 2.39. The second-order valence-electron chi connectivity index (χ2n) is 6.78. The largest absolute Gasteiger partial charge is 0.369 e. The lowest BCUT2D eigenvalue weighted by molar-refractivity contribution is 0.232. The molecule has 2 rings (SSSR count). The lowest BCUT2D eigenvalue weighted by Gasteiger charge is -2.36. The maximum atomic E-state index is 12.9. The third-order valence-electron chi connectivity index (χ3n) is 4.44. The SMILES string of the molecule is CC(C)(CN)CCCN1CCN(c2ccc(F)cc2)CC1. The van der Waals surface area contributed by atoms with Gasteiger partial charge in [0.2, 0.25) is 0 Å². The first-order valence-corrected chi connectivity index (χ1v) is 7.93. The predicted molar refractivity (Wildman–Crippen MR) is 87.1 cm³/mol. The van der Waals surface area contributed by atoms with Crippen LogP contribution in [-0.2, 0) is 0 Å². The highest BCUT2D eigenvalue weighted by molar-refractivity contribution is 5.46. The quantitative estimate of drug-likeness (QED) is 0.875. The molecule has 0 saturated carbocycles. The fourth-order valence-electron chi connectivity index (χ4n) is 2.76. The van der Waals surface area contributed by atoms with Crippen molar-refractivity contribution < 1.29 is 4.39 Å². The van der Waals surface area contributed by atoms with Gasteiger partial charge in [-0.05, 0) is 55.6 Å². The van der Waals surface area contributed by atoms with E-state index >= 15 is 0 Å². The Morgan fingerprint density at radius 2 is 1.71 bits per heavy atom. The molecule has 3 nitrogen and oxygen atoms in total. The van der Waals surface area contributed by atoms with Crippen molar-refractivity contribution in [3.8, 4) is 0 Å². The van der Waals surface area contributed by atoms with Gasteiger partial charge in [-0.2, -0.15) is 0 Å². The summed E-state index contributed by atoms with van der Waals surface area (Å²) in [4.78, 5) is 4.85. The second-order valence-corrected chi connectivity index (χ2v) is 6.78. The van der Waals surface area contributed by atoms with Gasteiger partial charge >= 0.3 is 0 Å². The van der Waals surface area contributed by atoms with Crippen LogP contribution >= 0.6 is 0 Å². The Bertz CT molecular complexity index is 422. The van der Waals surface area contributed by atoms with E-state index in [1.807, 2.05) is 12.1 Å². The van der Waals surface area contributed by atoms with Crippen LogP contribution in [0.5, 0.6) is 0 Å². The number of hydrogen-bond acceptors (Lipinski definition) is 3. The number of piperazine rings is 1. The number of anilines is 1. The zero-order chi connectivity index (χ0) is 15.3. The Labute approximate surface area is 127 Å². The van der Waals surface area contributed by atoms with Gasteiger partial charge in [0.15, 0.2) is 0 Å². The van der Waals surface area contributed by atoms with E-state index in [-0.39, 0.29) is 11.2 Å². The molecule has 1 aromatic carbocycles. The predicted octanol–water partition coefficient (Wildman–Crippen LogP) is 2.71. The smallest absolute Gasteiger partial charge is 0.123 e. The molecule has 1 fully saturated rings. The minimum atomic E-state index is -0.167. The van der Waals surface area contributed by atoms with Crippen LogP contribution < -0.4 is 10.6 Å². The van der Waals surface area contributed by atoms with Gasteiger partial charge in [-0.3, -0.25) is 4.90 Å². The molecule has 0 amide bonds. The minimum Gasteiger partial charge on any atom is -0.369 e. The van der Waals surface area contributed by atoms with Crippen LogP contribution in [0, 0.1) is 11.2 Å². The van der Waals surface area contributed by atoms with Gasteiger partial charge in [0.05, 0.1) is 0 Å². The summed E-state index contributed by atoms with van der Waals surface area (Å²) >= 11 is 0. The van der Waals surface area contributed by atoms with Crippen LogP contribution in [0.4, 0.5) is 10.1 Å². The molecular formula is C17H28FN3. The molecule has 0 spiro atoms. The molecule has 1 aliphatic heterocycles. The van der Waals surface area contributed by atoms with E-state index in [1.165, 1.54) is 25.0 Å². The van der Waals surface area contributed by atoms with Crippen molar-refractivity contribution in [1.29, 1.82) is 0 Å². The molecular weight excluding hydrogens is 265 g/mol. The van der Waals surface area contributed by atoms with E-state index in [4.69, 9.17) is 5.73 Å². The zero-order valence-electron chi connectivity index (χ0n) is 13.3. The highest BCUT2D eigenvalue weighted by Gasteiger charge is 2.19. The Morgan fingerprint density at radius 3 is 2.29 bits per heavy atom. The Balaban J connectivity index is 1.72. The monoisotopic (exact) mass is 293 g/mol. The summed E-state index contributed by atoms with van der Waals surface area (Å²) in [6.45, 7) is 10.6. The van der Waals surface area contributed by atoms with Crippen LogP contribution in [0.1, 0.15) is 26.7 Å². The molecule has 1 saturated heterocycles. The van der Waals surface area contributed by atoms with Crippen molar-refractivity contribution in [1.82, 2.24) is 4.90 Å². The summed E-state index contributed by atoms with van der Waals surface area (Å²) < 4.78 is 12.9. The van der Waals surface area contributed by atoms with Gasteiger partial charge in [-0.15, -0.1) is 0 Å².